The number of benzene rings is 2. The van der Waals surface area contributed by atoms with Crippen molar-refractivity contribution in [2.24, 2.45) is 0 Å². The Morgan fingerprint density at radius 3 is 2.50 bits per heavy atom. The third-order valence-electron chi connectivity index (χ3n) is 4.77. The number of nitrogens with zero attached hydrogens (tertiary/aromatic N) is 1. The Balaban J connectivity index is 1.57. The first-order valence-electron chi connectivity index (χ1n) is 9.83. The standard InChI is InChI=1S/C23H22N2O5S2/c1-30-17-9-7-16(8-10-17)14-19-21(27)25(23(31)32-19)12-11-20(26)24-18(22(28)29)13-15-5-3-2-4-6-15/h2-10,14,18H,11-13H2,1H3,(H,24,26)(H,28,29)/b19-14+/t18-/m1/s1. The molecule has 0 bridgehead atoms. The van der Waals surface area contributed by atoms with Crippen LogP contribution in [0.15, 0.2) is 59.5 Å². The molecule has 0 radical (unpaired) electrons. The Morgan fingerprint density at radius 2 is 1.88 bits per heavy atom. The molecule has 166 valence electrons. The summed E-state index contributed by atoms with van der Waals surface area (Å²) in [6, 6.07) is 15.3. The average Bonchev–Trinajstić information content (AvgIpc) is 3.05. The lowest BCUT2D eigenvalue weighted by Gasteiger charge is -2.17. The van der Waals surface area contributed by atoms with Gasteiger partial charge in [-0.3, -0.25) is 14.5 Å². The molecule has 2 N–H and O–H groups in total. The largest absolute Gasteiger partial charge is 0.497 e. The van der Waals surface area contributed by atoms with Crippen LogP contribution in [-0.2, 0) is 20.8 Å². The van der Waals surface area contributed by atoms with E-state index in [9.17, 15) is 19.5 Å². The summed E-state index contributed by atoms with van der Waals surface area (Å²) in [6.45, 7) is 0.0775. The number of carboxylic acids is 1. The lowest BCUT2D eigenvalue weighted by molar-refractivity contribution is -0.141. The van der Waals surface area contributed by atoms with E-state index in [1.165, 1.54) is 16.7 Å². The molecule has 2 aromatic carbocycles. The van der Waals surface area contributed by atoms with Crippen LogP contribution in [-0.4, -0.2) is 51.8 Å². The van der Waals surface area contributed by atoms with Gasteiger partial charge < -0.3 is 15.2 Å². The minimum atomic E-state index is -1.12. The molecule has 1 heterocycles. The second-order valence-electron chi connectivity index (χ2n) is 7.00. The summed E-state index contributed by atoms with van der Waals surface area (Å²) in [5.74, 6) is -1.13. The topological polar surface area (TPSA) is 95.9 Å². The van der Waals surface area contributed by atoms with E-state index >= 15 is 0 Å². The van der Waals surface area contributed by atoms with E-state index < -0.39 is 17.9 Å². The average molecular weight is 471 g/mol. The van der Waals surface area contributed by atoms with Crippen LogP contribution >= 0.6 is 24.0 Å². The van der Waals surface area contributed by atoms with Crippen LogP contribution in [0.3, 0.4) is 0 Å². The zero-order chi connectivity index (χ0) is 23.1. The summed E-state index contributed by atoms with van der Waals surface area (Å²) in [7, 11) is 1.58. The Kier molecular flexibility index (Phi) is 8.02. The van der Waals surface area contributed by atoms with E-state index in [2.05, 4.69) is 5.32 Å². The highest BCUT2D eigenvalue weighted by Gasteiger charge is 2.32. The number of rotatable bonds is 9. The highest BCUT2D eigenvalue weighted by Crippen LogP contribution is 2.32. The molecular formula is C23H22N2O5S2. The summed E-state index contributed by atoms with van der Waals surface area (Å²) in [5.41, 5.74) is 1.63. The minimum absolute atomic E-state index is 0.0547. The lowest BCUT2D eigenvalue weighted by atomic mass is 10.1. The zero-order valence-electron chi connectivity index (χ0n) is 17.3. The Bertz CT molecular complexity index is 1040. The third-order valence-corrected chi connectivity index (χ3v) is 6.14. The molecule has 9 heteroatoms. The van der Waals surface area contributed by atoms with Crippen LogP contribution in [0.4, 0.5) is 0 Å². The van der Waals surface area contributed by atoms with Gasteiger partial charge in [-0.2, -0.15) is 0 Å². The van der Waals surface area contributed by atoms with Gasteiger partial charge in [0.2, 0.25) is 5.91 Å². The summed E-state index contributed by atoms with van der Waals surface area (Å²) < 4.78 is 5.49. The lowest BCUT2D eigenvalue weighted by Crippen LogP contribution is -2.43. The van der Waals surface area contributed by atoms with E-state index in [-0.39, 0.29) is 25.3 Å². The van der Waals surface area contributed by atoms with Crippen molar-refractivity contribution in [2.45, 2.75) is 18.9 Å². The second kappa shape index (κ2) is 10.9. The predicted molar refractivity (Wildman–Crippen MR) is 127 cm³/mol. The fraction of sp³-hybridized carbons (Fsp3) is 0.217. The van der Waals surface area contributed by atoms with E-state index in [0.717, 1.165) is 11.1 Å². The normalized spacial score (nSPS) is 15.7. The molecule has 1 aliphatic heterocycles. The van der Waals surface area contributed by atoms with Crippen molar-refractivity contribution >= 4 is 52.2 Å². The molecule has 1 aliphatic rings. The third kappa shape index (κ3) is 6.18. The quantitative estimate of drug-likeness (QED) is 0.429. The first-order valence-corrected chi connectivity index (χ1v) is 11.1. The SMILES string of the molecule is COc1ccc(/C=C2/SC(=S)N(CCC(=O)N[C@H](Cc3ccccc3)C(=O)O)C2=O)cc1. The van der Waals surface area contributed by atoms with Crippen LogP contribution in [0.2, 0.25) is 0 Å². The molecule has 0 saturated carbocycles. The molecule has 3 rings (SSSR count). The van der Waals surface area contributed by atoms with E-state index in [1.54, 1.807) is 37.5 Å². The van der Waals surface area contributed by atoms with Crippen LogP contribution in [0.5, 0.6) is 5.75 Å². The van der Waals surface area contributed by atoms with E-state index in [0.29, 0.717) is 15.0 Å². The van der Waals surface area contributed by atoms with E-state index in [1.807, 2.05) is 30.3 Å². The molecule has 1 atom stereocenters. The number of nitrogens with one attached hydrogen (secondary N) is 1. The molecule has 0 aliphatic carbocycles. The number of amides is 2. The maximum absolute atomic E-state index is 12.7. The molecule has 1 saturated heterocycles. The van der Waals surface area contributed by atoms with Gasteiger partial charge in [0.1, 0.15) is 16.1 Å². The number of carbonyl (C=O) groups is 3. The van der Waals surface area contributed by atoms with Crippen molar-refractivity contribution in [3.05, 3.63) is 70.6 Å². The number of aliphatic carboxylic acids is 1. The van der Waals surface area contributed by atoms with Gasteiger partial charge in [0.25, 0.3) is 5.91 Å². The maximum Gasteiger partial charge on any atom is 0.326 e. The molecule has 1 fully saturated rings. The maximum atomic E-state index is 12.7. The molecule has 32 heavy (non-hydrogen) atoms. The van der Waals surface area contributed by atoms with Gasteiger partial charge in [0.05, 0.1) is 12.0 Å². The van der Waals surface area contributed by atoms with Gasteiger partial charge in [0.15, 0.2) is 0 Å². The molecule has 0 unspecified atom stereocenters. The number of ether oxygens (including phenoxy) is 1. The summed E-state index contributed by atoms with van der Waals surface area (Å²) in [5, 5.41) is 12.0. The van der Waals surface area contributed by atoms with Gasteiger partial charge in [-0.05, 0) is 29.3 Å². The minimum Gasteiger partial charge on any atom is -0.497 e. The fourth-order valence-electron chi connectivity index (χ4n) is 3.07. The van der Waals surface area contributed by atoms with Crippen molar-refractivity contribution in [1.29, 1.82) is 0 Å². The first kappa shape index (κ1) is 23.5. The fourth-order valence-corrected chi connectivity index (χ4v) is 4.38. The van der Waals surface area contributed by atoms with Gasteiger partial charge in [-0.1, -0.05) is 66.4 Å². The monoisotopic (exact) mass is 470 g/mol. The Hall–Kier alpha value is -3.17. The smallest absolute Gasteiger partial charge is 0.326 e. The number of methoxy groups -OCH3 is 1. The van der Waals surface area contributed by atoms with Gasteiger partial charge in [-0.15, -0.1) is 0 Å². The van der Waals surface area contributed by atoms with Gasteiger partial charge in [-0.25, -0.2) is 4.79 Å². The molecule has 7 nitrogen and oxygen atoms in total. The Labute approximate surface area is 195 Å². The van der Waals surface area contributed by atoms with Crippen molar-refractivity contribution in [2.75, 3.05) is 13.7 Å². The second-order valence-corrected chi connectivity index (χ2v) is 8.68. The first-order chi connectivity index (χ1) is 15.4. The molecule has 0 aromatic heterocycles. The highest BCUT2D eigenvalue weighted by molar-refractivity contribution is 8.26. The number of carbonyl (C=O) groups excluding carboxylic acids is 2. The molecule has 2 amide bonds. The number of carboxylic acid groups (broad SMARTS) is 1. The van der Waals surface area contributed by atoms with Crippen molar-refractivity contribution < 1.29 is 24.2 Å². The zero-order valence-corrected chi connectivity index (χ0v) is 18.9. The van der Waals surface area contributed by atoms with Crippen molar-refractivity contribution in [1.82, 2.24) is 10.2 Å². The molecule has 2 aromatic rings. The van der Waals surface area contributed by atoms with E-state index in [4.69, 9.17) is 17.0 Å². The van der Waals surface area contributed by atoms with Crippen LogP contribution in [0.25, 0.3) is 6.08 Å². The number of thioether (sulfide) groups is 1. The predicted octanol–water partition coefficient (Wildman–Crippen LogP) is 3.10. The van der Waals surface area contributed by atoms with Crippen LogP contribution < -0.4 is 10.1 Å². The number of hydrogen-bond acceptors (Lipinski definition) is 6. The number of thiocarbonyl (C=S) groups is 1. The number of hydrogen-bond donors (Lipinski definition) is 2. The summed E-state index contributed by atoms with van der Waals surface area (Å²) >= 11 is 6.47. The molecule has 0 spiro atoms. The van der Waals surface area contributed by atoms with Crippen molar-refractivity contribution in [3.8, 4) is 5.75 Å². The summed E-state index contributed by atoms with van der Waals surface area (Å²) in [6.07, 6.45) is 1.85. The van der Waals surface area contributed by atoms with Crippen LogP contribution in [0, 0.1) is 0 Å². The Morgan fingerprint density at radius 1 is 1.19 bits per heavy atom. The van der Waals surface area contributed by atoms with Crippen molar-refractivity contribution in [3.63, 3.8) is 0 Å². The highest BCUT2D eigenvalue weighted by atomic mass is 32.2. The molecular weight excluding hydrogens is 448 g/mol. The van der Waals surface area contributed by atoms with Gasteiger partial charge >= 0.3 is 5.97 Å². The summed E-state index contributed by atoms with van der Waals surface area (Å²) in [4.78, 5) is 38.5. The van der Waals surface area contributed by atoms with Gasteiger partial charge in [0, 0.05) is 19.4 Å². The van der Waals surface area contributed by atoms with Crippen LogP contribution in [0.1, 0.15) is 17.5 Å².